The van der Waals surface area contributed by atoms with E-state index in [1.54, 1.807) is 0 Å². The molecule has 0 N–H and O–H groups in total. The van der Waals surface area contributed by atoms with Crippen molar-refractivity contribution >= 4 is 59.2 Å². The molecule has 0 fully saturated rings. The van der Waals surface area contributed by atoms with Gasteiger partial charge in [-0.15, -0.1) is 0 Å². The predicted molar refractivity (Wildman–Crippen MR) is 165 cm³/mol. The van der Waals surface area contributed by atoms with E-state index in [4.69, 9.17) is 0 Å². The molecule has 0 amide bonds. The number of ketones is 1. The fraction of sp³-hybridized carbons (Fsp3) is 0.0571. The van der Waals surface area contributed by atoms with Crippen molar-refractivity contribution in [1.29, 1.82) is 0 Å². The monoisotopic (exact) mass is 618 g/mol. The first-order valence-corrected chi connectivity index (χ1v) is 14.2. The minimum absolute atomic E-state index is 0.0251. The van der Waals surface area contributed by atoms with Gasteiger partial charge in [0.15, 0.2) is 5.78 Å². The molecule has 1 nitrogen and oxygen atoms in total. The zero-order valence-electron chi connectivity index (χ0n) is 20.6. The van der Waals surface area contributed by atoms with Crippen molar-refractivity contribution in [2.24, 2.45) is 0 Å². The third-order valence-electron chi connectivity index (χ3n) is 7.06. The molecule has 3 heteroatoms. The molecule has 6 rings (SSSR count). The fourth-order valence-corrected chi connectivity index (χ4v) is 6.83. The lowest BCUT2D eigenvalue weighted by molar-refractivity contribution is 0.103. The quantitative estimate of drug-likeness (QED) is 0.170. The molecule has 6 aromatic carbocycles. The third-order valence-corrected chi connectivity index (χ3v) is 8.71. The molecule has 0 unspecified atom stereocenters. The number of benzene rings is 6. The maximum absolute atomic E-state index is 14.7. The predicted octanol–water partition coefficient (Wildman–Crippen LogP) is 9.93. The second kappa shape index (κ2) is 10.7. The first kappa shape index (κ1) is 24.8. The van der Waals surface area contributed by atoms with Crippen LogP contribution >= 0.6 is 31.9 Å². The summed E-state index contributed by atoms with van der Waals surface area (Å²) in [4.78, 5) is 14.7. The van der Waals surface area contributed by atoms with Gasteiger partial charge in [-0.2, -0.15) is 0 Å². The zero-order valence-corrected chi connectivity index (χ0v) is 23.8. The maximum Gasteiger partial charge on any atom is 0.195 e. The normalized spacial score (nSPS) is 11.2. The number of carbonyl (C=O) groups excluding carboxylic acids is 1. The highest BCUT2D eigenvalue weighted by atomic mass is 79.9. The topological polar surface area (TPSA) is 17.1 Å². The van der Waals surface area contributed by atoms with Crippen LogP contribution in [0.15, 0.2) is 130 Å². The van der Waals surface area contributed by atoms with E-state index < -0.39 is 0 Å². The number of hydrogen-bond donors (Lipinski definition) is 0. The number of fused-ring (bicyclic) bond motifs is 2. The van der Waals surface area contributed by atoms with Gasteiger partial charge >= 0.3 is 0 Å². The molecule has 0 aliphatic carbocycles. The maximum atomic E-state index is 14.7. The van der Waals surface area contributed by atoms with Crippen molar-refractivity contribution in [3.8, 4) is 0 Å². The van der Waals surface area contributed by atoms with Crippen LogP contribution in [-0.4, -0.2) is 5.78 Å². The van der Waals surface area contributed by atoms with Gasteiger partial charge in [-0.05, 0) is 88.5 Å². The third kappa shape index (κ3) is 4.73. The summed E-state index contributed by atoms with van der Waals surface area (Å²) in [5.41, 5.74) is 5.81. The Bertz CT molecular complexity index is 1660. The van der Waals surface area contributed by atoms with Gasteiger partial charge in [0.2, 0.25) is 0 Å². The summed E-state index contributed by atoms with van der Waals surface area (Å²) in [7, 11) is 0. The lowest BCUT2D eigenvalue weighted by Gasteiger charge is -2.19. The molecule has 0 saturated heterocycles. The average molecular weight is 620 g/mol. The molecule has 0 spiro atoms. The summed E-state index contributed by atoms with van der Waals surface area (Å²) in [5, 5.41) is 4.30. The van der Waals surface area contributed by atoms with Crippen LogP contribution < -0.4 is 0 Å². The Morgan fingerprint density at radius 3 is 1.29 bits per heavy atom. The van der Waals surface area contributed by atoms with Crippen molar-refractivity contribution in [2.45, 2.75) is 12.8 Å². The number of hydrogen-bond acceptors (Lipinski definition) is 1. The Balaban J connectivity index is 1.59. The van der Waals surface area contributed by atoms with Crippen molar-refractivity contribution in [2.75, 3.05) is 0 Å². The molecule has 6 aromatic rings. The van der Waals surface area contributed by atoms with E-state index in [1.807, 2.05) is 60.7 Å². The minimum Gasteiger partial charge on any atom is -0.289 e. The first-order valence-electron chi connectivity index (χ1n) is 12.6. The SMILES string of the molecule is O=C(c1c(Cc2ccccc2)cc2ccccc2c1Br)c1c(Cc2ccccc2)cc2ccccc2c1Br. The van der Waals surface area contributed by atoms with Gasteiger partial charge in [0.05, 0.1) is 0 Å². The highest BCUT2D eigenvalue weighted by molar-refractivity contribution is 9.11. The van der Waals surface area contributed by atoms with E-state index in [1.165, 1.54) is 11.1 Å². The number of halogens is 2. The lowest BCUT2D eigenvalue weighted by atomic mass is 9.87. The van der Waals surface area contributed by atoms with Gasteiger partial charge in [-0.25, -0.2) is 0 Å². The summed E-state index contributed by atoms with van der Waals surface area (Å²) >= 11 is 7.75. The standard InChI is InChI=1S/C35H24Br2O/c36-33-29-17-9-7-15-25(29)21-27(19-23-11-3-1-4-12-23)31(33)35(38)32-28(20-24-13-5-2-6-14-24)22-26-16-8-10-18-30(26)34(32)37/h1-18,21-22H,19-20H2. The summed E-state index contributed by atoms with van der Waals surface area (Å²) in [5.74, 6) is 0.0251. The molecular formula is C35H24Br2O. The van der Waals surface area contributed by atoms with Crippen LogP contribution in [-0.2, 0) is 12.8 Å². The second-order valence-corrected chi connectivity index (χ2v) is 11.1. The highest BCUT2D eigenvalue weighted by Gasteiger charge is 2.25. The lowest BCUT2D eigenvalue weighted by Crippen LogP contribution is -2.12. The smallest absolute Gasteiger partial charge is 0.195 e. The molecule has 0 bridgehead atoms. The Morgan fingerprint density at radius 1 is 0.500 bits per heavy atom. The Kier molecular flexibility index (Phi) is 6.97. The largest absolute Gasteiger partial charge is 0.289 e. The van der Waals surface area contributed by atoms with Gasteiger partial charge in [-0.1, -0.05) is 121 Å². The Labute approximate surface area is 239 Å². The van der Waals surface area contributed by atoms with E-state index in [-0.39, 0.29) is 5.78 Å². The van der Waals surface area contributed by atoms with Gasteiger partial charge < -0.3 is 0 Å². The van der Waals surface area contributed by atoms with Crippen LogP contribution in [0.5, 0.6) is 0 Å². The van der Waals surface area contributed by atoms with Crippen molar-refractivity contribution in [3.05, 3.63) is 164 Å². The van der Waals surface area contributed by atoms with Crippen molar-refractivity contribution in [3.63, 3.8) is 0 Å². The van der Waals surface area contributed by atoms with Crippen LogP contribution in [0.25, 0.3) is 21.5 Å². The van der Waals surface area contributed by atoms with Crippen molar-refractivity contribution < 1.29 is 4.79 Å². The molecule has 0 atom stereocenters. The fourth-order valence-electron chi connectivity index (χ4n) is 5.24. The average Bonchev–Trinajstić information content (AvgIpc) is 2.94. The zero-order chi connectivity index (χ0) is 26.1. The molecule has 0 saturated carbocycles. The summed E-state index contributed by atoms with van der Waals surface area (Å²) in [6.45, 7) is 0. The Hall–Kier alpha value is -3.53. The van der Waals surface area contributed by atoms with Crippen LogP contribution in [0, 0.1) is 0 Å². The summed E-state index contributed by atoms with van der Waals surface area (Å²) in [6, 6.07) is 41.5. The highest BCUT2D eigenvalue weighted by Crippen LogP contribution is 2.38. The first-order chi connectivity index (χ1) is 18.6. The van der Waals surface area contributed by atoms with E-state index in [2.05, 4.69) is 92.5 Å². The van der Waals surface area contributed by atoms with Crippen LogP contribution in [0.4, 0.5) is 0 Å². The van der Waals surface area contributed by atoms with Gasteiger partial charge in [0, 0.05) is 20.1 Å². The van der Waals surface area contributed by atoms with Gasteiger partial charge in [0.1, 0.15) is 0 Å². The molecule has 0 aromatic heterocycles. The summed E-state index contributed by atoms with van der Waals surface area (Å²) < 4.78 is 1.69. The summed E-state index contributed by atoms with van der Waals surface area (Å²) in [6.07, 6.45) is 1.34. The van der Waals surface area contributed by atoms with Gasteiger partial charge in [-0.3, -0.25) is 4.79 Å². The minimum atomic E-state index is 0.0251. The van der Waals surface area contributed by atoms with Gasteiger partial charge in [0.25, 0.3) is 0 Å². The molecule has 38 heavy (non-hydrogen) atoms. The second-order valence-electron chi connectivity index (χ2n) is 9.55. The molecular weight excluding hydrogens is 596 g/mol. The molecule has 0 aliphatic heterocycles. The molecule has 0 heterocycles. The van der Waals surface area contributed by atoms with Crippen LogP contribution in [0.2, 0.25) is 0 Å². The Morgan fingerprint density at radius 2 is 0.868 bits per heavy atom. The van der Waals surface area contributed by atoms with E-state index in [0.717, 1.165) is 52.7 Å². The van der Waals surface area contributed by atoms with E-state index >= 15 is 0 Å². The number of carbonyl (C=O) groups is 1. The van der Waals surface area contributed by atoms with E-state index in [9.17, 15) is 4.79 Å². The van der Waals surface area contributed by atoms with Crippen LogP contribution in [0.1, 0.15) is 38.2 Å². The van der Waals surface area contributed by atoms with Crippen LogP contribution in [0.3, 0.4) is 0 Å². The number of rotatable bonds is 6. The van der Waals surface area contributed by atoms with E-state index in [0.29, 0.717) is 12.8 Å². The molecule has 0 aliphatic rings. The molecule has 0 radical (unpaired) electrons. The molecule has 184 valence electrons. The van der Waals surface area contributed by atoms with Crippen molar-refractivity contribution in [1.82, 2.24) is 0 Å².